The predicted octanol–water partition coefficient (Wildman–Crippen LogP) is 2.17. The average Bonchev–Trinajstić information content (AvgIpc) is 2.57. The number of hydrogen-bond acceptors (Lipinski definition) is 3. The third-order valence-electron chi connectivity index (χ3n) is 2.45. The molecule has 2 aromatic heterocycles. The van der Waals surface area contributed by atoms with Crippen molar-refractivity contribution in [3.63, 3.8) is 0 Å². The number of rotatable bonds is 3. The van der Waals surface area contributed by atoms with E-state index in [1.54, 1.807) is 6.20 Å². The van der Waals surface area contributed by atoms with E-state index in [4.69, 9.17) is 17.3 Å². The fourth-order valence-electron chi connectivity index (χ4n) is 1.79. The van der Waals surface area contributed by atoms with Gasteiger partial charge in [0, 0.05) is 25.2 Å². The number of nitrogens with zero attached hydrogens (tertiary/aromatic N) is 3. The summed E-state index contributed by atoms with van der Waals surface area (Å²) in [5, 5.41) is 0.611. The molecule has 0 amide bonds. The van der Waals surface area contributed by atoms with Crippen LogP contribution in [0.2, 0.25) is 5.02 Å². The molecule has 16 heavy (non-hydrogen) atoms. The first-order chi connectivity index (χ1) is 7.63. The lowest BCUT2D eigenvalue weighted by Gasteiger charge is -2.08. The number of nitrogens with two attached hydrogens (primary N) is 1. The monoisotopic (exact) mass is 238 g/mol. The highest BCUT2D eigenvalue weighted by Gasteiger charge is 2.14. The van der Waals surface area contributed by atoms with Gasteiger partial charge in [-0.3, -0.25) is 0 Å². The third-order valence-corrected chi connectivity index (χ3v) is 2.66. The molecule has 2 heterocycles. The predicted molar refractivity (Wildman–Crippen MR) is 65.7 cm³/mol. The van der Waals surface area contributed by atoms with Gasteiger partial charge >= 0.3 is 0 Å². The maximum Gasteiger partial charge on any atom is 0.160 e. The fraction of sp³-hybridized carbons (Fsp3) is 0.455. The first-order valence-corrected chi connectivity index (χ1v) is 5.73. The van der Waals surface area contributed by atoms with Crippen LogP contribution >= 0.6 is 11.6 Å². The van der Waals surface area contributed by atoms with Crippen molar-refractivity contribution in [1.29, 1.82) is 0 Å². The van der Waals surface area contributed by atoms with Crippen LogP contribution in [0.25, 0.3) is 11.2 Å². The largest absolute Gasteiger partial charge is 0.329 e. The molecule has 0 spiro atoms. The fourth-order valence-corrected chi connectivity index (χ4v) is 1.95. The zero-order chi connectivity index (χ0) is 11.7. The molecule has 0 radical (unpaired) electrons. The SMILES string of the molecule is CC(C)c1nc2cc(Cl)cnc2n1CCN. The Morgan fingerprint density at radius 1 is 1.50 bits per heavy atom. The smallest absolute Gasteiger partial charge is 0.160 e. The van der Waals surface area contributed by atoms with E-state index in [-0.39, 0.29) is 0 Å². The second-order valence-corrected chi connectivity index (χ2v) is 4.50. The molecule has 0 aromatic carbocycles. The minimum Gasteiger partial charge on any atom is -0.329 e. The topological polar surface area (TPSA) is 56.7 Å². The molecular weight excluding hydrogens is 224 g/mol. The van der Waals surface area contributed by atoms with Crippen molar-refractivity contribution in [1.82, 2.24) is 14.5 Å². The number of fused-ring (bicyclic) bond motifs is 1. The Kier molecular flexibility index (Phi) is 3.12. The Morgan fingerprint density at radius 3 is 2.88 bits per heavy atom. The van der Waals surface area contributed by atoms with Gasteiger partial charge in [-0.1, -0.05) is 25.4 Å². The summed E-state index contributed by atoms with van der Waals surface area (Å²) in [6, 6.07) is 1.84. The molecule has 2 rings (SSSR count). The highest BCUT2D eigenvalue weighted by molar-refractivity contribution is 6.31. The zero-order valence-electron chi connectivity index (χ0n) is 9.44. The van der Waals surface area contributed by atoms with Crippen LogP contribution < -0.4 is 5.73 Å². The van der Waals surface area contributed by atoms with E-state index < -0.39 is 0 Å². The Balaban J connectivity index is 2.65. The molecule has 0 aliphatic carbocycles. The Hall–Kier alpha value is -1.13. The van der Waals surface area contributed by atoms with Crippen LogP contribution in [0, 0.1) is 0 Å². The van der Waals surface area contributed by atoms with Crippen LogP contribution in [0.15, 0.2) is 12.3 Å². The van der Waals surface area contributed by atoms with Gasteiger partial charge in [-0.05, 0) is 6.07 Å². The molecule has 2 aromatic rings. The van der Waals surface area contributed by atoms with E-state index in [9.17, 15) is 0 Å². The van der Waals surface area contributed by atoms with Crippen molar-refractivity contribution in [3.8, 4) is 0 Å². The van der Waals surface area contributed by atoms with Gasteiger partial charge in [0.1, 0.15) is 11.3 Å². The van der Waals surface area contributed by atoms with Crippen LogP contribution in [0.4, 0.5) is 0 Å². The molecule has 0 saturated carbocycles. The second-order valence-electron chi connectivity index (χ2n) is 4.06. The molecule has 0 fully saturated rings. The van der Waals surface area contributed by atoms with E-state index in [1.807, 2.05) is 6.07 Å². The molecule has 0 unspecified atom stereocenters. The number of aromatic nitrogens is 3. The van der Waals surface area contributed by atoms with E-state index in [1.165, 1.54) is 0 Å². The molecule has 0 bridgehead atoms. The molecule has 4 nitrogen and oxygen atoms in total. The summed E-state index contributed by atoms with van der Waals surface area (Å²) in [4.78, 5) is 8.87. The number of pyridine rings is 1. The first kappa shape index (κ1) is 11.4. The van der Waals surface area contributed by atoms with Crippen molar-refractivity contribution >= 4 is 22.8 Å². The van der Waals surface area contributed by atoms with Gasteiger partial charge in [0.2, 0.25) is 0 Å². The highest BCUT2D eigenvalue weighted by Crippen LogP contribution is 2.22. The minimum absolute atomic E-state index is 0.347. The van der Waals surface area contributed by atoms with Crippen LogP contribution in [-0.4, -0.2) is 21.1 Å². The van der Waals surface area contributed by atoms with Gasteiger partial charge in [-0.2, -0.15) is 0 Å². The summed E-state index contributed by atoms with van der Waals surface area (Å²) < 4.78 is 2.07. The van der Waals surface area contributed by atoms with Gasteiger partial charge in [0.15, 0.2) is 5.65 Å². The normalized spacial score (nSPS) is 11.6. The molecule has 0 aliphatic heterocycles. The van der Waals surface area contributed by atoms with Gasteiger partial charge in [0.25, 0.3) is 0 Å². The van der Waals surface area contributed by atoms with Crippen molar-refractivity contribution in [2.75, 3.05) is 6.54 Å². The van der Waals surface area contributed by atoms with Crippen molar-refractivity contribution in [3.05, 3.63) is 23.1 Å². The minimum atomic E-state index is 0.347. The molecule has 0 aliphatic rings. The molecule has 0 atom stereocenters. The lowest BCUT2D eigenvalue weighted by molar-refractivity contribution is 0.638. The molecule has 2 N–H and O–H groups in total. The van der Waals surface area contributed by atoms with Crippen LogP contribution in [0.3, 0.4) is 0 Å². The van der Waals surface area contributed by atoms with Gasteiger partial charge < -0.3 is 10.3 Å². The average molecular weight is 239 g/mol. The maximum atomic E-state index is 5.90. The summed E-state index contributed by atoms with van der Waals surface area (Å²) in [6.07, 6.45) is 1.64. The van der Waals surface area contributed by atoms with Gasteiger partial charge in [0.05, 0.1) is 5.02 Å². The first-order valence-electron chi connectivity index (χ1n) is 5.35. The lowest BCUT2D eigenvalue weighted by atomic mass is 10.2. The Morgan fingerprint density at radius 2 is 2.25 bits per heavy atom. The van der Waals surface area contributed by atoms with Gasteiger partial charge in [-0.25, -0.2) is 9.97 Å². The maximum absolute atomic E-state index is 5.90. The van der Waals surface area contributed by atoms with Crippen molar-refractivity contribution in [2.45, 2.75) is 26.3 Å². The van der Waals surface area contributed by atoms with E-state index >= 15 is 0 Å². The zero-order valence-corrected chi connectivity index (χ0v) is 10.2. The Labute approximate surface area is 99.4 Å². The van der Waals surface area contributed by atoms with Crippen LogP contribution in [0.5, 0.6) is 0 Å². The standard InChI is InChI=1S/C11H15ClN4/c1-7(2)10-15-9-5-8(12)6-14-11(9)16(10)4-3-13/h5-7H,3-4,13H2,1-2H3. The number of halogens is 1. The van der Waals surface area contributed by atoms with E-state index in [0.29, 0.717) is 17.5 Å². The summed E-state index contributed by atoms with van der Waals surface area (Å²) in [7, 11) is 0. The summed E-state index contributed by atoms with van der Waals surface area (Å²) >= 11 is 5.90. The highest BCUT2D eigenvalue weighted by atomic mass is 35.5. The number of hydrogen-bond donors (Lipinski definition) is 1. The molecule has 5 heteroatoms. The quantitative estimate of drug-likeness (QED) is 0.892. The summed E-state index contributed by atoms with van der Waals surface area (Å²) in [5.74, 6) is 1.36. The van der Waals surface area contributed by atoms with Gasteiger partial charge in [-0.15, -0.1) is 0 Å². The summed E-state index contributed by atoms with van der Waals surface area (Å²) in [5.41, 5.74) is 7.30. The van der Waals surface area contributed by atoms with Crippen molar-refractivity contribution < 1.29 is 0 Å². The molecular formula is C11H15ClN4. The Bertz CT molecular complexity index is 504. The number of imidazole rings is 1. The third kappa shape index (κ3) is 1.90. The molecule has 0 saturated heterocycles. The summed E-state index contributed by atoms with van der Waals surface area (Å²) in [6.45, 7) is 5.53. The van der Waals surface area contributed by atoms with Crippen molar-refractivity contribution in [2.24, 2.45) is 5.73 Å². The van der Waals surface area contributed by atoms with Crippen LogP contribution in [0.1, 0.15) is 25.6 Å². The lowest BCUT2D eigenvalue weighted by Crippen LogP contribution is -2.13. The van der Waals surface area contributed by atoms with E-state index in [0.717, 1.165) is 23.5 Å². The van der Waals surface area contributed by atoms with Crippen LogP contribution in [-0.2, 0) is 6.54 Å². The second kappa shape index (κ2) is 4.39. The molecule has 86 valence electrons. The van der Waals surface area contributed by atoms with E-state index in [2.05, 4.69) is 28.4 Å².